The van der Waals surface area contributed by atoms with E-state index in [9.17, 15) is 9.59 Å². The van der Waals surface area contributed by atoms with Crippen LogP contribution in [0.2, 0.25) is 5.02 Å². The highest BCUT2D eigenvalue weighted by molar-refractivity contribution is 6.34. The summed E-state index contributed by atoms with van der Waals surface area (Å²) in [5.41, 5.74) is 11.0. The van der Waals surface area contributed by atoms with Gasteiger partial charge in [-0.3, -0.25) is 9.59 Å². The SMILES string of the molecule is NC(=O)c1ccc(NC(=O)C2(N)CCC2)cc1Cl. The Hall–Kier alpha value is -1.59. The van der Waals surface area contributed by atoms with Crippen LogP contribution in [0.5, 0.6) is 0 Å². The van der Waals surface area contributed by atoms with E-state index in [1.807, 2.05) is 0 Å². The lowest BCUT2D eigenvalue weighted by Crippen LogP contribution is -2.56. The molecule has 5 N–H and O–H groups in total. The summed E-state index contributed by atoms with van der Waals surface area (Å²) < 4.78 is 0. The molecule has 6 heteroatoms. The van der Waals surface area contributed by atoms with E-state index in [4.69, 9.17) is 23.1 Å². The van der Waals surface area contributed by atoms with Crippen LogP contribution in [0, 0.1) is 0 Å². The molecule has 0 heterocycles. The molecule has 18 heavy (non-hydrogen) atoms. The third-order valence-electron chi connectivity index (χ3n) is 3.19. The zero-order valence-electron chi connectivity index (χ0n) is 9.70. The lowest BCUT2D eigenvalue weighted by molar-refractivity contribution is -0.123. The Morgan fingerprint density at radius 2 is 2.00 bits per heavy atom. The number of amides is 2. The standard InChI is InChI=1S/C12H14ClN3O2/c13-9-6-7(2-3-8(9)10(14)17)16-11(18)12(15)4-1-5-12/h2-3,6H,1,4-5,15H2,(H2,14,17)(H,16,18). The smallest absolute Gasteiger partial charge is 0.250 e. The van der Waals surface area contributed by atoms with Gasteiger partial charge in [-0.2, -0.15) is 0 Å². The highest BCUT2D eigenvalue weighted by Crippen LogP contribution is 2.30. The first-order valence-corrected chi connectivity index (χ1v) is 6.00. The fraction of sp³-hybridized carbons (Fsp3) is 0.333. The number of carbonyl (C=O) groups is 2. The zero-order chi connectivity index (χ0) is 13.3. The Morgan fingerprint density at radius 3 is 2.44 bits per heavy atom. The molecule has 1 aliphatic rings. The first-order valence-electron chi connectivity index (χ1n) is 5.62. The van der Waals surface area contributed by atoms with Gasteiger partial charge in [0.1, 0.15) is 0 Å². The van der Waals surface area contributed by atoms with E-state index in [1.54, 1.807) is 6.07 Å². The monoisotopic (exact) mass is 267 g/mol. The number of anilines is 1. The second kappa shape index (κ2) is 4.59. The van der Waals surface area contributed by atoms with Gasteiger partial charge in [-0.1, -0.05) is 11.6 Å². The first kappa shape index (κ1) is 12.9. The van der Waals surface area contributed by atoms with Gasteiger partial charge < -0.3 is 16.8 Å². The third-order valence-corrected chi connectivity index (χ3v) is 3.50. The van der Waals surface area contributed by atoms with Gasteiger partial charge in [-0.05, 0) is 37.5 Å². The van der Waals surface area contributed by atoms with Gasteiger partial charge in [-0.25, -0.2) is 0 Å². The maximum atomic E-state index is 11.9. The summed E-state index contributed by atoms with van der Waals surface area (Å²) in [6.45, 7) is 0. The number of rotatable bonds is 3. The Kier molecular flexibility index (Phi) is 3.28. The topological polar surface area (TPSA) is 98.2 Å². The van der Waals surface area contributed by atoms with E-state index in [0.29, 0.717) is 18.5 Å². The average Bonchev–Trinajstić information content (AvgIpc) is 2.25. The van der Waals surface area contributed by atoms with Gasteiger partial charge in [0.2, 0.25) is 11.8 Å². The molecule has 0 aliphatic heterocycles. The van der Waals surface area contributed by atoms with E-state index in [2.05, 4.69) is 5.32 Å². The molecule has 0 aromatic heterocycles. The summed E-state index contributed by atoms with van der Waals surface area (Å²) in [5.74, 6) is -0.830. The molecule has 0 unspecified atom stereocenters. The highest BCUT2D eigenvalue weighted by atomic mass is 35.5. The molecule has 1 aliphatic carbocycles. The van der Waals surface area contributed by atoms with Crippen molar-refractivity contribution in [2.45, 2.75) is 24.8 Å². The molecule has 1 aromatic rings. The van der Waals surface area contributed by atoms with Crippen molar-refractivity contribution < 1.29 is 9.59 Å². The molecule has 1 aromatic carbocycles. The normalized spacial score (nSPS) is 16.8. The quantitative estimate of drug-likeness (QED) is 0.769. The number of benzene rings is 1. The summed E-state index contributed by atoms with van der Waals surface area (Å²) >= 11 is 5.89. The van der Waals surface area contributed by atoms with Crippen LogP contribution >= 0.6 is 11.6 Å². The Labute approximate surface area is 109 Å². The molecule has 0 radical (unpaired) electrons. The summed E-state index contributed by atoms with van der Waals surface area (Å²) in [6, 6.07) is 4.54. The number of hydrogen-bond donors (Lipinski definition) is 3. The lowest BCUT2D eigenvalue weighted by Gasteiger charge is -2.36. The number of nitrogens with two attached hydrogens (primary N) is 2. The number of carbonyl (C=O) groups excluding carboxylic acids is 2. The van der Waals surface area contributed by atoms with E-state index < -0.39 is 11.4 Å². The van der Waals surface area contributed by atoms with E-state index in [1.165, 1.54) is 12.1 Å². The molecule has 0 spiro atoms. The van der Waals surface area contributed by atoms with Gasteiger partial charge in [-0.15, -0.1) is 0 Å². The maximum Gasteiger partial charge on any atom is 0.250 e. The van der Waals surface area contributed by atoms with Crippen LogP contribution in [0.15, 0.2) is 18.2 Å². The van der Waals surface area contributed by atoms with E-state index in [0.717, 1.165) is 6.42 Å². The first-order chi connectivity index (χ1) is 8.42. The van der Waals surface area contributed by atoms with Crippen molar-refractivity contribution in [3.8, 4) is 0 Å². The average molecular weight is 268 g/mol. The predicted molar refractivity (Wildman–Crippen MR) is 69.4 cm³/mol. The molecule has 0 bridgehead atoms. The van der Waals surface area contributed by atoms with Crippen LogP contribution < -0.4 is 16.8 Å². The molecular weight excluding hydrogens is 254 g/mol. The van der Waals surface area contributed by atoms with Crippen LogP contribution in [0.3, 0.4) is 0 Å². The molecular formula is C12H14ClN3O2. The van der Waals surface area contributed by atoms with Gasteiger partial charge in [0.05, 0.1) is 16.1 Å². The summed E-state index contributed by atoms with van der Waals surface area (Å²) in [5, 5.41) is 2.90. The van der Waals surface area contributed by atoms with Gasteiger partial charge in [0.15, 0.2) is 0 Å². The van der Waals surface area contributed by atoms with Crippen molar-refractivity contribution in [3.05, 3.63) is 28.8 Å². The summed E-state index contributed by atoms with van der Waals surface area (Å²) in [7, 11) is 0. The lowest BCUT2D eigenvalue weighted by atomic mass is 9.77. The third kappa shape index (κ3) is 2.32. The minimum Gasteiger partial charge on any atom is -0.366 e. The number of nitrogens with one attached hydrogen (secondary N) is 1. The number of halogens is 1. The Bertz CT molecular complexity index is 512. The second-order valence-electron chi connectivity index (χ2n) is 4.52. The highest BCUT2D eigenvalue weighted by Gasteiger charge is 2.40. The fourth-order valence-electron chi connectivity index (χ4n) is 1.83. The van der Waals surface area contributed by atoms with Crippen molar-refractivity contribution in [2.24, 2.45) is 11.5 Å². The van der Waals surface area contributed by atoms with Crippen LogP contribution in [0.25, 0.3) is 0 Å². The van der Waals surface area contributed by atoms with Crippen molar-refractivity contribution in [1.29, 1.82) is 0 Å². The van der Waals surface area contributed by atoms with E-state index >= 15 is 0 Å². The van der Waals surface area contributed by atoms with Crippen LogP contribution in [0.1, 0.15) is 29.6 Å². The molecule has 96 valence electrons. The fourth-order valence-corrected chi connectivity index (χ4v) is 2.11. The van der Waals surface area contributed by atoms with E-state index in [-0.39, 0.29) is 16.5 Å². The second-order valence-corrected chi connectivity index (χ2v) is 4.93. The molecule has 1 saturated carbocycles. The molecule has 0 saturated heterocycles. The van der Waals surface area contributed by atoms with Crippen molar-refractivity contribution in [1.82, 2.24) is 0 Å². The summed E-state index contributed by atoms with van der Waals surface area (Å²) in [4.78, 5) is 22.9. The minimum absolute atomic E-state index is 0.208. The maximum absolute atomic E-state index is 11.9. The molecule has 2 amide bonds. The van der Waals surface area contributed by atoms with Crippen LogP contribution in [0.4, 0.5) is 5.69 Å². The zero-order valence-corrected chi connectivity index (χ0v) is 10.5. The number of primary amides is 1. The van der Waals surface area contributed by atoms with Crippen molar-refractivity contribution >= 4 is 29.1 Å². The Balaban J connectivity index is 2.13. The van der Waals surface area contributed by atoms with Gasteiger partial charge in [0.25, 0.3) is 0 Å². The molecule has 1 fully saturated rings. The molecule has 0 atom stereocenters. The molecule has 2 rings (SSSR count). The summed E-state index contributed by atoms with van der Waals surface area (Å²) in [6.07, 6.45) is 2.34. The molecule has 5 nitrogen and oxygen atoms in total. The minimum atomic E-state index is -0.769. The number of hydrogen-bond acceptors (Lipinski definition) is 3. The predicted octanol–water partition coefficient (Wildman–Crippen LogP) is 1.26. The van der Waals surface area contributed by atoms with Crippen molar-refractivity contribution in [3.63, 3.8) is 0 Å². The van der Waals surface area contributed by atoms with Gasteiger partial charge in [0, 0.05) is 5.69 Å². The van der Waals surface area contributed by atoms with Crippen LogP contribution in [-0.2, 0) is 4.79 Å². The largest absolute Gasteiger partial charge is 0.366 e. The van der Waals surface area contributed by atoms with Crippen LogP contribution in [-0.4, -0.2) is 17.4 Å². The van der Waals surface area contributed by atoms with Gasteiger partial charge >= 0.3 is 0 Å². The van der Waals surface area contributed by atoms with Crippen molar-refractivity contribution in [2.75, 3.05) is 5.32 Å². The Morgan fingerprint density at radius 1 is 1.33 bits per heavy atom.